The SMILES string of the molecule is CC(C)NS(=O)(=O)c1cc(C(=O)N2CCC(CCc3ccccc3)CC2)n(C)c1. The molecule has 1 amide bonds. The average molecular weight is 418 g/mol. The molecule has 1 aromatic heterocycles. The Kier molecular flexibility index (Phi) is 6.80. The first kappa shape index (κ1) is 21.6. The van der Waals surface area contributed by atoms with Crippen LogP contribution in [-0.4, -0.2) is 42.9 Å². The molecule has 1 N–H and O–H groups in total. The Morgan fingerprint density at radius 3 is 2.45 bits per heavy atom. The predicted octanol–water partition coefficient (Wildman–Crippen LogP) is 3.20. The minimum atomic E-state index is -3.61. The molecular weight excluding hydrogens is 386 g/mol. The van der Waals surface area contributed by atoms with Crippen molar-refractivity contribution < 1.29 is 13.2 Å². The summed E-state index contributed by atoms with van der Waals surface area (Å²) in [6.07, 6.45) is 5.69. The quantitative estimate of drug-likeness (QED) is 0.752. The maximum absolute atomic E-state index is 13.0. The Bertz CT molecular complexity index is 927. The Balaban J connectivity index is 1.58. The summed E-state index contributed by atoms with van der Waals surface area (Å²) < 4.78 is 29.0. The van der Waals surface area contributed by atoms with E-state index >= 15 is 0 Å². The molecule has 3 rings (SSSR count). The third kappa shape index (κ3) is 5.48. The van der Waals surface area contributed by atoms with Crippen LogP contribution < -0.4 is 4.72 Å². The number of nitrogens with one attached hydrogen (secondary N) is 1. The van der Waals surface area contributed by atoms with Gasteiger partial charge in [-0.05, 0) is 57.1 Å². The number of rotatable bonds is 7. The fourth-order valence-corrected chi connectivity index (χ4v) is 5.19. The molecule has 0 spiro atoms. The van der Waals surface area contributed by atoms with Crippen LogP contribution in [0.3, 0.4) is 0 Å². The molecule has 1 aliphatic rings. The highest BCUT2D eigenvalue weighted by Gasteiger charge is 2.27. The van der Waals surface area contributed by atoms with Crippen molar-refractivity contribution in [2.75, 3.05) is 13.1 Å². The Morgan fingerprint density at radius 2 is 1.83 bits per heavy atom. The van der Waals surface area contributed by atoms with E-state index in [2.05, 4.69) is 29.0 Å². The normalized spacial score (nSPS) is 15.8. The second kappa shape index (κ2) is 9.13. The van der Waals surface area contributed by atoms with Gasteiger partial charge >= 0.3 is 0 Å². The zero-order valence-corrected chi connectivity index (χ0v) is 18.3. The van der Waals surface area contributed by atoms with E-state index in [0.717, 1.165) is 38.8 Å². The van der Waals surface area contributed by atoms with Gasteiger partial charge in [-0.15, -0.1) is 0 Å². The number of sulfonamides is 1. The molecule has 2 heterocycles. The molecule has 29 heavy (non-hydrogen) atoms. The number of aryl methyl sites for hydroxylation is 2. The van der Waals surface area contributed by atoms with E-state index < -0.39 is 10.0 Å². The zero-order chi connectivity index (χ0) is 21.0. The lowest BCUT2D eigenvalue weighted by Crippen LogP contribution is -2.39. The number of hydrogen-bond donors (Lipinski definition) is 1. The lowest BCUT2D eigenvalue weighted by Gasteiger charge is -2.32. The molecule has 0 atom stereocenters. The van der Waals surface area contributed by atoms with Crippen LogP contribution in [-0.2, 0) is 23.5 Å². The summed E-state index contributed by atoms with van der Waals surface area (Å²) >= 11 is 0. The lowest BCUT2D eigenvalue weighted by molar-refractivity contribution is 0.0677. The van der Waals surface area contributed by atoms with Crippen LogP contribution in [0, 0.1) is 5.92 Å². The molecule has 1 aromatic carbocycles. The van der Waals surface area contributed by atoms with Gasteiger partial charge in [-0.2, -0.15) is 0 Å². The van der Waals surface area contributed by atoms with E-state index in [1.165, 1.54) is 17.8 Å². The second-order valence-electron chi connectivity index (χ2n) is 8.21. The van der Waals surface area contributed by atoms with Crippen molar-refractivity contribution in [3.8, 4) is 0 Å². The van der Waals surface area contributed by atoms with Crippen molar-refractivity contribution >= 4 is 15.9 Å². The molecule has 7 heteroatoms. The molecule has 6 nitrogen and oxygen atoms in total. The van der Waals surface area contributed by atoms with Gasteiger partial charge in [0.25, 0.3) is 5.91 Å². The summed E-state index contributed by atoms with van der Waals surface area (Å²) in [6, 6.07) is 11.8. The van der Waals surface area contributed by atoms with Gasteiger partial charge in [0.2, 0.25) is 10.0 Å². The summed E-state index contributed by atoms with van der Waals surface area (Å²) in [5.74, 6) is 0.527. The fraction of sp³-hybridized carbons (Fsp3) is 0.500. The van der Waals surface area contributed by atoms with Gasteiger partial charge in [0.05, 0.1) is 0 Å². The number of aromatic nitrogens is 1. The fourth-order valence-electron chi connectivity index (χ4n) is 3.87. The van der Waals surface area contributed by atoms with E-state index in [4.69, 9.17) is 0 Å². The summed E-state index contributed by atoms with van der Waals surface area (Å²) in [5, 5.41) is 0. The standard InChI is InChI=1S/C22H31N3O3S/c1-17(2)23-29(27,28)20-15-21(24(3)16-20)22(26)25-13-11-19(12-14-25)10-9-18-7-5-4-6-8-18/h4-8,15-17,19,23H,9-14H2,1-3H3. The molecule has 0 radical (unpaired) electrons. The lowest BCUT2D eigenvalue weighted by atomic mass is 9.90. The van der Waals surface area contributed by atoms with Gasteiger partial charge in [0.15, 0.2) is 0 Å². The molecule has 0 unspecified atom stereocenters. The van der Waals surface area contributed by atoms with Gasteiger partial charge in [-0.3, -0.25) is 4.79 Å². The summed E-state index contributed by atoms with van der Waals surface area (Å²) in [5.41, 5.74) is 1.77. The number of benzene rings is 1. The molecule has 0 saturated carbocycles. The summed E-state index contributed by atoms with van der Waals surface area (Å²) in [7, 11) is -1.89. The van der Waals surface area contributed by atoms with Gasteiger partial charge < -0.3 is 9.47 Å². The summed E-state index contributed by atoms with van der Waals surface area (Å²) in [4.78, 5) is 14.9. The van der Waals surface area contributed by atoms with Crippen molar-refractivity contribution in [2.24, 2.45) is 13.0 Å². The van der Waals surface area contributed by atoms with Gasteiger partial charge in [-0.1, -0.05) is 30.3 Å². The zero-order valence-electron chi connectivity index (χ0n) is 17.5. The van der Waals surface area contributed by atoms with E-state index in [1.807, 2.05) is 11.0 Å². The van der Waals surface area contributed by atoms with Crippen molar-refractivity contribution in [2.45, 2.75) is 50.5 Å². The molecule has 0 aliphatic carbocycles. The second-order valence-corrected chi connectivity index (χ2v) is 9.92. The van der Waals surface area contributed by atoms with Gasteiger partial charge in [0.1, 0.15) is 10.6 Å². The van der Waals surface area contributed by atoms with Crippen LogP contribution in [0.15, 0.2) is 47.5 Å². The molecular formula is C22H31N3O3S. The number of carbonyl (C=O) groups excluding carboxylic acids is 1. The molecule has 0 bridgehead atoms. The number of hydrogen-bond acceptors (Lipinski definition) is 3. The van der Waals surface area contributed by atoms with Crippen LogP contribution in [0.5, 0.6) is 0 Å². The topological polar surface area (TPSA) is 71.4 Å². The number of amides is 1. The Labute approximate surface area is 174 Å². The highest BCUT2D eigenvalue weighted by molar-refractivity contribution is 7.89. The first-order valence-corrected chi connectivity index (χ1v) is 11.8. The average Bonchev–Trinajstić information content (AvgIpc) is 3.09. The van der Waals surface area contributed by atoms with Crippen molar-refractivity contribution in [3.05, 3.63) is 53.9 Å². The van der Waals surface area contributed by atoms with Crippen LogP contribution in [0.25, 0.3) is 0 Å². The molecule has 1 aliphatic heterocycles. The van der Waals surface area contributed by atoms with Gasteiger partial charge in [0, 0.05) is 32.4 Å². The highest BCUT2D eigenvalue weighted by atomic mass is 32.2. The van der Waals surface area contributed by atoms with Crippen molar-refractivity contribution in [1.29, 1.82) is 0 Å². The molecule has 158 valence electrons. The van der Waals surface area contributed by atoms with E-state index in [0.29, 0.717) is 11.6 Å². The number of nitrogens with zero attached hydrogens (tertiary/aromatic N) is 2. The third-order valence-electron chi connectivity index (χ3n) is 5.49. The number of piperidine rings is 1. The predicted molar refractivity (Wildman–Crippen MR) is 114 cm³/mol. The maximum Gasteiger partial charge on any atom is 0.270 e. The Hall–Kier alpha value is -2.12. The van der Waals surface area contributed by atoms with E-state index in [-0.39, 0.29) is 16.8 Å². The smallest absolute Gasteiger partial charge is 0.270 e. The van der Waals surface area contributed by atoms with Crippen LogP contribution in [0.1, 0.15) is 49.2 Å². The monoisotopic (exact) mass is 417 g/mol. The van der Waals surface area contributed by atoms with E-state index in [1.54, 1.807) is 25.5 Å². The van der Waals surface area contributed by atoms with E-state index in [9.17, 15) is 13.2 Å². The highest BCUT2D eigenvalue weighted by Crippen LogP contribution is 2.24. The largest absolute Gasteiger partial charge is 0.345 e. The maximum atomic E-state index is 13.0. The van der Waals surface area contributed by atoms with Crippen LogP contribution >= 0.6 is 0 Å². The number of likely N-dealkylation sites (tertiary alicyclic amines) is 1. The van der Waals surface area contributed by atoms with Crippen LogP contribution in [0.4, 0.5) is 0 Å². The van der Waals surface area contributed by atoms with Crippen LogP contribution in [0.2, 0.25) is 0 Å². The summed E-state index contributed by atoms with van der Waals surface area (Å²) in [6.45, 7) is 4.98. The number of carbonyl (C=O) groups is 1. The Morgan fingerprint density at radius 1 is 1.17 bits per heavy atom. The molecule has 1 fully saturated rings. The minimum Gasteiger partial charge on any atom is -0.345 e. The first-order valence-electron chi connectivity index (χ1n) is 10.3. The first-order chi connectivity index (χ1) is 13.8. The molecule has 2 aromatic rings. The van der Waals surface area contributed by atoms with Gasteiger partial charge in [-0.25, -0.2) is 13.1 Å². The van der Waals surface area contributed by atoms with Crippen molar-refractivity contribution in [1.82, 2.24) is 14.2 Å². The third-order valence-corrected chi connectivity index (χ3v) is 7.11. The minimum absolute atomic E-state index is 0.0972. The molecule has 1 saturated heterocycles. The van der Waals surface area contributed by atoms with Crippen molar-refractivity contribution in [3.63, 3.8) is 0 Å².